The smallest absolute Gasteiger partial charge is 0.219 e. The Morgan fingerprint density at radius 2 is 1.50 bits per heavy atom. The van der Waals surface area contributed by atoms with Crippen molar-refractivity contribution < 1.29 is 4.79 Å². The first-order chi connectivity index (χ1) is 12.6. The zero-order valence-electron chi connectivity index (χ0n) is 15.4. The van der Waals surface area contributed by atoms with Gasteiger partial charge >= 0.3 is 0 Å². The molecular weight excluding hydrogens is 320 g/mol. The number of rotatable bonds is 5. The lowest BCUT2D eigenvalue weighted by Gasteiger charge is -2.30. The molecule has 1 unspecified atom stereocenters. The molecule has 0 bridgehead atoms. The van der Waals surface area contributed by atoms with Gasteiger partial charge in [-0.05, 0) is 34.4 Å². The first-order valence-electron chi connectivity index (χ1n) is 8.77. The second kappa shape index (κ2) is 7.87. The third kappa shape index (κ3) is 3.62. The zero-order chi connectivity index (χ0) is 18.5. The van der Waals surface area contributed by atoms with E-state index in [-0.39, 0.29) is 11.9 Å². The summed E-state index contributed by atoms with van der Waals surface area (Å²) >= 11 is 0. The molecule has 1 N–H and O–H groups in total. The van der Waals surface area contributed by atoms with E-state index in [0.29, 0.717) is 0 Å². The van der Waals surface area contributed by atoms with Crippen LogP contribution in [0.15, 0.2) is 78.9 Å². The Hall–Kier alpha value is -3.07. The van der Waals surface area contributed by atoms with Crippen molar-refractivity contribution in [3.63, 3.8) is 0 Å². The molecule has 3 nitrogen and oxygen atoms in total. The van der Waals surface area contributed by atoms with E-state index in [9.17, 15) is 4.79 Å². The summed E-state index contributed by atoms with van der Waals surface area (Å²) in [6, 6.07) is 26.7. The third-order valence-corrected chi connectivity index (χ3v) is 4.74. The molecule has 26 heavy (non-hydrogen) atoms. The Bertz CT molecular complexity index is 872. The average molecular weight is 344 g/mol. The van der Waals surface area contributed by atoms with Crippen molar-refractivity contribution in [2.45, 2.75) is 13.0 Å². The summed E-state index contributed by atoms with van der Waals surface area (Å²) in [7, 11) is 3.77. The van der Waals surface area contributed by atoms with Crippen LogP contribution in [-0.2, 0) is 4.79 Å². The number of hydrogen-bond acceptors (Lipinski definition) is 2. The second-order valence-electron chi connectivity index (χ2n) is 6.36. The van der Waals surface area contributed by atoms with E-state index in [1.807, 2.05) is 44.4 Å². The van der Waals surface area contributed by atoms with Gasteiger partial charge < -0.3 is 10.2 Å². The molecule has 0 aliphatic heterocycles. The van der Waals surface area contributed by atoms with Crippen LogP contribution in [0.25, 0.3) is 11.1 Å². The topological polar surface area (TPSA) is 32.3 Å². The van der Waals surface area contributed by atoms with Gasteiger partial charge in [-0.3, -0.25) is 4.79 Å². The minimum atomic E-state index is -0.131. The standard InChI is InChI=1S/C23H24N2O/c1-17(26)25(3)23(19-9-5-4-6-10-19)22-12-8-7-11-21(22)18-13-15-20(24-2)16-14-18/h4-16,23-24H,1-3H3. The SMILES string of the molecule is CNc1ccc(-c2ccccc2C(c2ccccc2)N(C)C(C)=O)cc1. The largest absolute Gasteiger partial charge is 0.388 e. The molecule has 0 saturated heterocycles. The molecule has 0 aliphatic rings. The van der Waals surface area contributed by atoms with Gasteiger partial charge in [0.25, 0.3) is 0 Å². The molecule has 0 radical (unpaired) electrons. The first-order valence-corrected chi connectivity index (χ1v) is 8.77. The highest BCUT2D eigenvalue weighted by molar-refractivity contribution is 5.76. The fraction of sp³-hybridized carbons (Fsp3) is 0.174. The van der Waals surface area contributed by atoms with Crippen molar-refractivity contribution in [3.05, 3.63) is 90.0 Å². The molecule has 1 amide bonds. The Kier molecular flexibility index (Phi) is 5.37. The van der Waals surface area contributed by atoms with E-state index in [2.05, 4.69) is 53.8 Å². The molecule has 0 aromatic heterocycles. The van der Waals surface area contributed by atoms with Gasteiger partial charge in [-0.1, -0.05) is 66.7 Å². The summed E-state index contributed by atoms with van der Waals surface area (Å²) in [6.07, 6.45) is 0. The minimum absolute atomic E-state index is 0.0409. The van der Waals surface area contributed by atoms with Crippen molar-refractivity contribution in [2.24, 2.45) is 0 Å². The number of benzene rings is 3. The number of carbonyl (C=O) groups is 1. The monoisotopic (exact) mass is 344 g/mol. The molecule has 3 heteroatoms. The zero-order valence-corrected chi connectivity index (χ0v) is 15.4. The van der Waals surface area contributed by atoms with E-state index in [4.69, 9.17) is 0 Å². The molecule has 0 heterocycles. The number of carbonyl (C=O) groups excluding carboxylic acids is 1. The summed E-state index contributed by atoms with van der Waals surface area (Å²) in [5, 5.41) is 3.15. The van der Waals surface area contributed by atoms with E-state index in [1.165, 1.54) is 0 Å². The number of anilines is 1. The average Bonchev–Trinajstić information content (AvgIpc) is 2.69. The highest BCUT2D eigenvalue weighted by Crippen LogP contribution is 2.35. The highest BCUT2D eigenvalue weighted by Gasteiger charge is 2.23. The van der Waals surface area contributed by atoms with E-state index < -0.39 is 0 Å². The molecule has 0 saturated carbocycles. The maximum absolute atomic E-state index is 12.2. The molecule has 3 aromatic rings. The van der Waals surface area contributed by atoms with Crippen molar-refractivity contribution in [3.8, 4) is 11.1 Å². The van der Waals surface area contributed by atoms with Crippen LogP contribution in [0.1, 0.15) is 24.1 Å². The van der Waals surface area contributed by atoms with Crippen LogP contribution in [0.5, 0.6) is 0 Å². The number of nitrogens with one attached hydrogen (secondary N) is 1. The Morgan fingerprint density at radius 1 is 0.885 bits per heavy atom. The van der Waals surface area contributed by atoms with Gasteiger partial charge in [-0.2, -0.15) is 0 Å². The Labute approximate surface area is 155 Å². The second-order valence-corrected chi connectivity index (χ2v) is 6.36. The summed E-state index contributed by atoms with van der Waals surface area (Å²) in [6.45, 7) is 1.61. The molecular formula is C23H24N2O. The number of nitrogens with zero attached hydrogens (tertiary/aromatic N) is 1. The van der Waals surface area contributed by atoms with E-state index in [1.54, 1.807) is 11.8 Å². The summed E-state index contributed by atoms with van der Waals surface area (Å²) in [5.74, 6) is 0.0409. The van der Waals surface area contributed by atoms with Gasteiger partial charge in [0, 0.05) is 26.7 Å². The van der Waals surface area contributed by atoms with Crippen molar-refractivity contribution in [1.82, 2.24) is 4.90 Å². The maximum Gasteiger partial charge on any atom is 0.219 e. The molecule has 0 fully saturated rings. The minimum Gasteiger partial charge on any atom is -0.388 e. The molecule has 3 aromatic carbocycles. The lowest BCUT2D eigenvalue weighted by Crippen LogP contribution is -2.30. The lowest BCUT2D eigenvalue weighted by atomic mass is 9.90. The Morgan fingerprint density at radius 3 is 2.12 bits per heavy atom. The molecule has 1 atom stereocenters. The van der Waals surface area contributed by atoms with Crippen LogP contribution in [0.4, 0.5) is 5.69 Å². The summed E-state index contributed by atoms with van der Waals surface area (Å²) in [5.41, 5.74) is 5.57. The summed E-state index contributed by atoms with van der Waals surface area (Å²) < 4.78 is 0. The van der Waals surface area contributed by atoms with E-state index >= 15 is 0 Å². The lowest BCUT2D eigenvalue weighted by molar-refractivity contribution is -0.129. The van der Waals surface area contributed by atoms with Crippen LogP contribution in [0.2, 0.25) is 0 Å². The summed E-state index contributed by atoms with van der Waals surface area (Å²) in [4.78, 5) is 14.0. The van der Waals surface area contributed by atoms with E-state index in [0.717, 1.165) is 27.9 Å². The van der Waals surface area contributed by atoms with Gasteiger partial charge in [-0.15, -0.1) is 0 Å². The van der Waals surface area contributed by atoms with Crippen molar-refractivity contribution in [2.75, 3.05) is 19.4 Å². The van der Waals surface area contributed by atoms with Crippen LogP contribution < -0.4 is 5.32 Å². The predicted molar refractivity (Wildman–Crippen MR) is 108 cm³/mol. The number of amides is 1. The van der Waals surface area contributed by atoms with Crippen molar-refractivity contribution in [1.29, 1.82) is 0 Å². The quantitative estimate of drug-likeness (QED) is 0.709. The van der Waals surface area contributed by atoms with Gasteiger partial charge in [0.05, 0.1) is 6.04 Å². The molecule has 3 rings (SSSR count). The fourth-order valence-electron chi connectivity index (χ4n) is 3.24. The number of hydrogen-bond donors (Lipinski definition) is 1. The van der Waals surface area contributed by atoms with Crippen LogP contribution >= 0.6 is 0 Å². The van der Waals surface area contributed by atoms with Gasteiger partial charge in [-0.25, -0.2) is 0 Å². The fourth-order valence-corrected chi connectivity index (χ4v) is 3.24. The molecule has 0 aliphatic carbocycles. The molecule has 132 valence electrons. The van der Waals surface area contributed by atoms with Crippen molar-refractivity contribution >= 4 is 11.6 Å². The van der Waals surface area contributed by atoms with Crippen LogP contribution in [0.3, 0.4) is 0 Å². The Balaban J connectivity index is 2.14. The first kappa shape index (κ1) is 17.7. The highest BCUT2D eigenvalue weighted by atomic mass is 16.2. The normalized spacial score (nSPS) is 11.7. The van der Waals surface area contributed by atoms with Crippen LogP contribution in [-0.4, -0.2) is 24.9 Å². The third-order valence-electron chi connectivity index (χ3n) is 4.74. The van der Waals surface area contributed by atoms with Crippen LogP contribution in [0, 0.1) is 0 Å². The van der Waals surface area contributed by atoms with Gasteiger partial charge in [0.1, 0.15) is 0 Å². The maximum atomic E-state index is 12.2. The van der Waals surface area contributed by atoms with Gasteiger partial charge in [0.2, 0.25) is 5.91 Å². The predicted octanol–water partition coefficient (Wildman–Crippen LogP) is 4.96. The molecule has 0 spiro atoms. The van der Waals surface area contributed by atoms with Gasteiger partial charge in [0.15, 0.2) is 0 Å².